The van der Waals surface area contributed by atoms with E-state index < -0.39 is 0 Å². The summed E-state index contributed by atoms with van der Waals surface area (Å²) >= 11 is 0. The van der Waals surface area contributed by atoms with Crippen molar-refractivity contribution in [3.63, 3.8) is 0 Å². The summed E-state index contributed by atoms with van der Waals surface area (Å²) in [6.07, 6.45) is 2.50. The number of anilines is 1. The third kappa shape index (κ3) is 1.82. The molecule has 0 saturated heterocycles. The van der Waals surface area contributed by atoms with E-state index in [4.69, 9.17) is 4.74 Å². The average Bonchev–Trinajstić information content (AvgIpc) is 3.14. The Labute approximate surface area is 132 Å². The van der Waals surface area contributed by atoms with Crippen LogP contribution in [0.4, 0.5) is 5.69 Å². The number of H-pyrrole nitrogens is 1. The van der Waals surface area contributed by atoms with Crippen molar-refractivity contribution < 1.29 is 9.53 Å². The van der Waals surface area contributed by atoms with Gasteiger partial charge in [0.25, 0.3) is 0 Å². The van der Waals surface area contributed by atoms with Crippen LogP contribution in [-0.4, -0.2) is 33.6 Å². The van der Waals surface area contributed by atoms with Crippen molar-refractivity contribution in [2.45, 2.75) is 12.8 Å². The molecule has 0 radical (unpaired) electrons. The van der Waals surface area contributed by atoms with Gasteiger partial charge in [-0.1, -0.05) is 0 Å². The molecule has 1 aromatic carbocycles. The number of nitrogens with one attached hydrogen (secondary N) is 2. The molecule has 4 bridgehead atoms. The fourth-order valence-corrected chi connectivity index (χ4v) is 4.90. The smallest absolute Gasteiger partial charge is 0.228 e. The highest BCUT2D eigenvalue weighted by Crippen LogP contribution is 2.73. The highest BCUT2D eigenvalue weighted by Gasteiger charge is 2.70. The van der Waals surface area contributed by atoms with Gasteiger partial charge in [-0.25, -0.2) is 0 Å². The molecule has 4 fully saturated rings. The van der Waals surface area contributed by atoms with Crippen LogP contribution >= 0.6 is 0 Å². The van der Waals surface area contributed by atoms with E-state index >= 15 is 0 Å². The fraction of sp³-hybridized carbons (Fsp3) is 0.500. The summed E-state index contributed by atoms with van der Waals surface area (Å²) in [5.41, 5.74) is 1.49. The Morgan fingerprint density at radius 1 is 1.35 bits per heavy atom. The van der Waals surface area contributed by atoms with Gasteiger partial charge in [-0.3, -0.25) is 4.79 Å². The quantitative estimate of drug-likeness (QED) is 0.897. The Bertz CT molecular complexity index is 761. The molecule has 3 unspecified atom stereocenters. The number of rotatable bonds is 4. The van der Waals surface area contributed by atoms with Crippen molar-refractivity contribution in [3.8, 4) is 17.1 Å². The van der Waals surface area contributed by atoms with E-state index in [2.05, 4.69) is 25.9 Å². The van der Waals surface area contributed by atoms with Gasteiger partial charge in [-0.05, 0) is 59.9 Å². The van der Waals surface area contributed by atoms with Gasteiger partial charge < -0.3 is 10.1 Å². The molecule has 4 aliphatic rings. The normalized spacial score (nSPS) is 32.8. The number of nitrogens with zero attached hydrogens (tertiary/aromatic N) is 3. The fourth-order valence-electron chi connectivity index (χ4n) is 4.90. The van der Waals surface area contributed by atoms with Crippen LogP contribution in [0, 0.1) is 29.6 Å². The summed E-state index contributed by atoms with van der Waals surface area (Å²) in [7, 11) is 1.59. The first kappa shape index (κ1) is 13.0. The van der Waals surface area contributed by atoms with Crippen molar-refractivity contribution in [1.29, 1.82) is 0 Å². The first-order valence-electron chi connectivity index (χ1n) is 7.99. The zero-order valence-electron chi connectivity index (χ0n) is 12.7. The van der Waals surface area contributed by atoms with Crippen LogP contribution in [0.1, 0.15) is 12.8 Å². The maximum atomic E-state index is 12.7. The third-order valence-electron chi connectivity index (χ3n) is 5.84. The number of tetrazole rings is 1. The number of hydrogen-bond acceptors (Lipinski definition) is 5. The molecule has 23 heavy (non-hydrogen) atoms. The number of methoxy groups -OCH3 is 1. The number of amides is 1. The molecule has 4 aliphatic carbocycles. The number of ether oxygens (including phenoxy) is 1. The van der Waals surface area contributed by atoms with Crippen molar-refractivity contribution >= 4 is 11.6 Å². The molecule has 6 rings (SSSR count). The Morgan fingerprint density at radius 2 is 2.17 bits per heavy atom. The zero-order chi connectivity index (χ0) is 15.6. The second-order valence-corrected chi connectivity index (χ2v) is 6.80. The predicted octanol–water partition coefficient (Wildman–Crippen LogP) is 1.72. The monoisotopic (exact) mass is 311 g/mol. The lowest BCUT2D eigenvalue weighted by Crippen LogP contribution is -2.25. The average molecular weight is 311 g/mol. The number of aromatic amines is 1. The maximum absolute atomic E-state index is 12.7. The van der Waals surface area contributed by atoms with E-state index in [1.807, 2.05) is 18.2 Å². The van der Waals surface area contributed by atoms with Gasteiger partial charge in [0.2, 0.25) is 11.7 Å². The first-order valence-corrected chi connectivity index (χ1v) is 7.99. The van der Waals surface area contributed by atoms with E-state index in [1.165, 1.54) is 12.8 Å². The lowest BCUT2D eigenvalue weighted by Gasteiger charge is -2.16. The van der Waals surface area contributed by atoms with Crippen LogP contribution in [0.25, 0.3) is 11.4 Å². The van der Waals surface area contributed by atoms with E-state index in [1.54, 1.807) is 7.11 Å². The molecule has 2 aromatic rings. The minimum absolute atomic E-state index is 0.146. The molecular formula is C16H17N5O2. The Balaban J connectivity index is 1.39. The lowest BCUT2D eigenvalue weighted by atomic mass is 9.97. The van der Waals surface area contributed by atoms with Crippen LogP contribution in [0.2, 0.25) is 0 Å². The largest absolute Gasteiger partial charge is 0.495 e. The van der Waals surface area contributed by atoms with Gasteiger partial charge in [-0.15, -0.1) is 10.2 Å². The molecule has 3 atom stereocenters. The summed E-state index contributed by atoms with van der Waals surface area (Å²) in [4.78, 5) is 12.7. The summed E-state index contributed by atoms with van der Waals surface area (Å²) < 4.78 is 5.42. The third-order valence-corrected chi connectivity index (χ3v) is 5.84. The molecule has 2 N–H and O–H groups in total. The highest BCUT2D eigenvalue weighted by molar-refractivity contribution is 5.95. The number of hydrogen-bond donors (Lipinski definition) is 2. The van der Waals surface area contributed by atoms with Gasteiger partial charge in [0.1, 0.15) is 5.75 Å². The first-order chi connectivity index (χ1) is 11.3. The minimum Gasteiger partial charge on any atom is -0.495 e. The van der Waals surface area contributed by atoms with E-state index in [0.29, 0.717) is 29.1 Å². The Hall–Kier alpha value is -2.44. The zero-order valence-corrected chi connectivity index (χ0v) is 12.7. The van der Waals surface area contributed by atoms with Crippen LogP contribution < -0.4 is 10.1 Å². The van der Waals surface area contributed by atoms with Crippen molar-refractivity contribution in [3.05, 3.63) is 18.2 Å². The number of carbonyl (C=O) groups is 1. The van der Waals surface area contributed by atoms with Crippen LogP contribution in [0.5, 0.6) is 5.75 Å². The number of carbonyl (C=O) groups excluding carboxylic acids is 1. The maximum Gasteiger partial charge on any atom is 0.228 e. The van der Waals surface area contributed by atoms with E-state index in [0.717, 1.165) is 17.4 Å². The molecule has 0 aliphatic heterocycles. The molecule has 1 amide bonds. The van der Waals surface area contributed by atoms with E-state index in [9.17, 15) is 4.79 Å². The van der Waals surface area contributed by atoms with Gasteiger partial charge in [0.05, 0.1) is 12.8 Å². The molecule has 4 saturated carbocycles. The number of aromatic nitrogens is 4. The van der Waals surface area contributed by atoms with Crippen molar-refractivity contribution in [2.24, 2.45) is 29.6 Å². The van der Waals surface area contributed by atoms with Crippen molar-refractivity contribution in [1.82, 2.24) is 20.6 Å². The molecule has 7 nitrogen and oxygen atoms in total. The number of benzene rings is 1. The van der Waals surface area contributed by atoms with Crippen molar-refractivity contribution in [2.75, 3.05) is 12.4 Å². The molecular weight excluding hydrogens is 294 g/mol. The van der Waals surface area contributed by atoms with Crippen LogP contribution in [-0.2, 0) is 4.79 Å². The van der Waals surface area contributed by atoms with Gasteiger partial charge in [0.15, 0.2) is 0 Å². The predicted molar refractivity (Wildman–Crippen MR) is 81.5 cm³/mol. The molecule has 118 valence electrons. The van der Waals surface area contributed by atoms with Gasteiger partial charge in [0, 0.05) is 11.5 Å². The lowest BCUT2D eigenvalue weighted by molar-refractivity contribution is -0.120. The Kier molecular flexibility index (Phi) is 2.57. The molecule has 1 aromatic heterocycles. The second-order valence-electron chi connectivity index (χ2n) is 6.80. The minimum atomic E-state index is 0.146. The summed E-state index contributed by atoms with van der Waals surface area (Å²) in [6.45, 7) is 0. The van der Waals surface area contributed by atoms with E-state index in [-0.39, 0.29) is 11.8 Å². The van der Waals surface area contributed by atoms with Crippen LogP contribution in [0.3, 0.4) is 0 Å². The molecule has 0 spiro atoms. The molecule has 1 heterocycles. The van der Waals surface area contributed by atoms with Gasteiger partial charge >= 0.3 is 0 Å². The summed E-state index contributed by atoms with van der Waals surface area (Å²) in [5.74, 6) is 4.36. The topological polar surface area (TPSA) is 92.8 Å². The molecule has 7 heteroatoms. The van der Waals surface area contributed by atoms with Crippen LogP contribution in [0.15, 0.2) is 18.2 Å². The summed E-state index contributed by atoms with van der Waals surface area (Å²) in [6, 6.07) is 5.51. The highest BCUT2D eigenvalue weighted by atomic mass is 16.5. The Morgan fingerprint density at radius 3 is 2.78 bits per heavy atom. The standard InChI is InChI=1S/C16H17N5O2/c1-23-12-6-7(15-18-20-21-19-15)2-3-11(12)17-16(22)13-8-4-9-10(5-8)14(9)13/h2-3,6,8-10,13-14H,4-5H2,1H3,(H,17,22)(H,18,19,20,21). The summed E-state index contributed by atoms with van der Waals surface area (Å²) in [5, 5.41) is 17.0. The second kappa shape index (κ2) is 4.53. The van der Waals surface area contributed by atoms with Gasteiger partial charge in [-0.2, -0.15) is 5.21 Å². The SMILES string of the molecule is COc1cc(-c2nn[nH]n2)ccc1NC(=O)C1C2CC3C(C2)C31.